The largest absolute Gasteiger partial charge is 0.493 e. The highest BCUT2D eigenvalue weighted by molar-refractivity contribution is 7.92. The Hall–Kier alpha value is -3.14. The predicted molar refractivity (Wildman–Crippen MR) is 110 cm³/mol. The third-order valence-electron chi connectivity index (χ3n) is 4.00. The number of hydrogen-bond acceptors (Lipinski definition) is 8. The van der Waals surface area contributed by atoms with Crippen molar-refractivity contribution in [1.82, 2.24) is 0 Å². The molecule has 0 saturated heterocycles. The lowest BCUT2D eigenvalue weighted by Gasteiger charge is -2.16. The van der Waals surface area contributed by atoms with Gasteiger partial charge >= 0.3 is 5.97 Å². The molecule has 0 radical (unpaired) electrons. The van der Waals surface area contributed by atoms with E-state index in [1.165, 1.54) is 51.7 Å². The number of anilines is 1. The van der Waals surface area contributed by atoms with E-state index in [1.807, 2.05) is 6.92 Å². The Bertz CT molecular complexity index is 1000. The zero-order chi connectivity index (χ0) is 22.3. The molecule has 2 aromatic carbocycles. The van der Waals surface area contributed by atoms with E-state index in [0.29, 0.717) is 24.7 Å². The van der Waals surface area contributed by atoms with Crippen molar-refractivity contribution in [3.63, 3.8) is 0 Å². The number of hydrogen-bond donors (Lipinski definition) is 1. The van der Waals surface area contributed by atoms with Gasteiger partial charge in [0.1, 0.15) is 0 Å². The average Bonchev–Trinajstić information content (AvgIpc) is 2.74. The highest BCUT2D eigenvalue weighted by Gasteiger charge is 2.23. The molecule has 0 atom stereocenters. The number of benzene rings is 2. The minimum atomic E-state index is -4.08. The van der Waals surface area contributed by atoms with E-state index in [9.17, 15) is 13.2 Å². The maximum Gasteiger partial charge on any atom is 0.340 e. The summed E-state index contributed by atoms with van der Waals surface area (Å²) in [5.74, 6) is 0.475. The number of ether oxygens (including phenoxy) is 5. The van der Waals surface area contributed by atoms with Gasteiger partial charge in [-0.3, -0.25) is 4.72 Å². The van der Waals surface area contributed by atoms with Crippen LogP contribution in [0.15, 0.2) is 35.2 Å². The summed E-state index contributed by atoms with van der Waals surface area (Å²) in [6, 6.07) is 6.94. The van der Waals surface area contributed by atoms with Gasteiger partial charge in [-0.25, -0.2) is 13.2 Å². The molecule has 0 spiro atoms. The van der Waals surface area contributed by atoms with Crippen LogP contribution in [0.5, 0.6) is 23.0 Å². The van der Waals surface area contributed by atoms with Crippen molar-refractivity contribution >= 4 is 21.7 Å². The monoisotopic (exact) mass is 439 g/mol. The normalized spacial score (nSPS) is 10.8. The summed E-state index contributed by atoms with van der Waals surface area (Å²) in [5, 5.41) is 0. The van der Waals surface area contributed by atoms with E-state index in [0.717, 1.165) is 0 Å². The minimum Gasteiger partial charge on any atom is -0.493 e. The fraction of sp³-hybridized carbons (Fsp3) is 0.350. The summed E-state index contributed by atoms with van der Waals surface area (Å²) < 4.78 is 54.5. The van der Waals surface area contributed by atoms with Gasteiger partial charge in [-0.15, -0.1) is 0 Å². The highest BCUT2D eigenvalue weighted by Crippen LogP contribution is 2.36. The van der Waals surface area contributed by atoms with Gasteiger partial charge in [0.05, 0.1) is 50.7 Å². The number of nitrogens with one attached hydrogen (secondary N) is 1. The van der Waals surface area contributed by atoms with Crippen molar-refractivity contribution in [3.05, 3.63) is 35.9 Å². The Balaban J connectivity index is 2.52. The molecule has 30 heavy (non-hydrogen) atoms. The molecule has 2 aromatic rings. The van der Waals surface area contributed by atoms with Gasteiger partial charge in [0, 0.05) is 18.2 Å². The summed E-state index contributed by atoms with van der Waals surface area (Å²) >= 11 is 0. The topological polar surface area (TPSA) is 109 Å². The molecule has 0 aromatic heterocycles. The molecule has 2 rings (SSSR count). The summed E-state index contributed by atoms with van der Waals surface area (Å²) in [6.45, 7) is 4.33. The Morgan fingerprint density at radius 3 is 2.03 bits per heavy atom. The molecule has 0 saturated carbocycles. The predicted octanol–water partition coefficient (Wildman–Crippen LogP) is 3.09. The second-order valence-electron chi connectivity index (χ2n) is 5.82. The standard InChI is InChI=1S/C20H25NO8S/c1-6-28-16-9-8-13(10-19(16)29-7-2)30(23,24)21-15-12-18(26-4)17(25-3)11-14(15)20(22)27-5/h8-12,21H,6-7H2,1-5H3. The van der Waals surface area contributed by atoms with Gasteiger partial charge in [-0.2, -0.15) is 0 Å². The van der Waals surface area contributed by atoms with Crippen LogP contribution in [0, 0.1) is 0 Å². The molecule has 0 unspecified atom stereocenters. The zero-order valence-corrected chi connectivity index (χ0v) is 18.3. The molecule has 0 amide bonds. The number of rotatable bonds is 10. The number of methoxy groups -OCH3 is 3. The molecule has 10 heteroatoms. The second-order valence-corrected chi connectivity index (χ2v) is 7.51. The number of esters is 1. The summed E-state index contributed by atoms with van der Waals surface area (Å²) in [5.41, 5.74) is -0.0546. The van der Waals surface area contributed by atoms with E-state index in [4.69, 9.17) is 23.7 Å². The maximum absolute atomic E-state index is 13.0. The van der Waals surface area contributed by atoms with Crippen LogP contribution in [0.2, 0.25) is 0 Å². The first-order chi connectivity index (χ1) is 14.3. The van der Waals surface area contributed by atoms with E-state index < -0.39 is 16.0 Å². The first kappa shape index (κ1) is 23.1. The number of carbonyl (C=O) groups excluding carboxylic acids is 1. The lowest BCUT2D eigenvalue weighted by molar-refractivity contribution is 0.0601. The molecule has 0 aliphatic rings. The third kappa shape index (κ3) is 5.07. The van der Waals surface area contributed by atoms with E-state index >= 15 is 0 Å². The smallest absolute Gasteiger partial charge is 0.340 e. The van der Waals surface area contributed by atoms with Crippen LogP contribution in [0.4, 0.5) is 5.69 Å². The van der Waals surface area contributed by atoms with Crippen LogP contribution >= 0.6 is 0 Å². The van der Waals surface area contributed by atoms with E-state index in [-0.39, 0.29) is 27.6 Å². The summed E-state index contributed by atoms with van der Waals surface area (Å²) in [6.07, 6.45) is 0. The van der Waals surface area contributed by atoms with Gasteiger partial charge < -0.3 is 23.7 Å². The van der Waals surface area contributed by atoms with Gasteiger partial charge in [0.15, 0.2) is 23.0 Å². The third-order valence-corrected chi connectivity index (χ3v) is 5.36. The molecule has 1 N–H and O–H groups in total. The Morgan fingerprint density at radius 2 is 1.47 bits per heavy atom. The first-order valence-electron chi connectivity index (χ1n) is 9.08. The summed E-state index contributed by atoms with van der Waals surface area (Å²) in [7, 11) is -0.0934. The molecule has 0 bridgehead atoms. The van der Waals surface area contributed by atoms with Crippen molar-refractivity contribution < 1.29 is 36.9 Å². The van der Waals surface area contributed by atoms with Crippen molar-refractivity contribution in [2.45, 2.75) is 18.7 Å². The second kappa shape index (κ2) is 10.1. The van der Waals surface area contributed by atoms with Gasteiger partial charge in [-0.05, 0) is 26.0 Å². The van der Waals surface area contributed by atoms with Crippen molar-refractivity contribution in [2.75, 3.05) is 39.3 Å². The Morgan fingerprint density at radius 1 is 0.867 bits per heavy atom. The van der Waals surface area contributed by atoms with Crippen LogP contribution in [-0.2, 0) is 14.8 Å². The number of sulfonamides is 1. The lowest BCUT2D eigenvalue weighted by Crippen LogP contribution is -2.17. The van der Waals surface area contributed by atoms with Gasteiger partial charge in [0.25, 0.3) is 10.0 Å². The molecular formula is C20H25NO8S. The van der Waals surface area contributed by atoms with Crippen LogP contribution in [0.1, 0.15) is 24.2 Å². The highest BCUT2D eigenvalue weighted by atomic mass is 32.2. The van der Waals surface area contributed by atoms with Gasteiger partial charge in [0.2, 0.25) is 0 Å². The lowest BCUT2D eigenvalue weighted by atomic mass is 10.1. The quantitative estimate of drug-likeness (QED) is 0.563. The molecule has 9 nitrogen and oxygen atoms in total. The average molecular weight is 439 g/mol. The fourth-order valence-corrected chi connectivity index (χ4v) is 3.73. The van der Waals surface area contributed by atoms with Crippen molar-refractivity contribution in [1.29, 1.82) is 0 Å². The van der Waals surface area contributed by atoms with Crippen LogP contribution in [-0.4, -0.2) is 48.9 Å². The zero-order valence-electron chi connectivity index (χ0n) is 17.5. The summed E-state index contributed by atoms with van der Waals surface area (Å²) in [4.78, 5) is 12.1. The maximum atomic E-state index is 13.0. The molecule has 164 valence electrons. The fourth-order valence-electron chi connectivity index (χ4n) is 2.64. The van der Waals surface area contributed by atoms with E-state index in [1.54, 1.807) is 6.92 Å². The first-order valence-corrected chi connectivity index (χ1v) is 10.6. The van der Waals surface area contributed by atoms with Crippen molar-refractivity contribution in [2.24, 2.45) is 0 Å². The molecule has 0 aliphatic carbocycles. The Kier molecular flexibility index (Phi) is 7.76. The number of carbonyl (C=O) groups is 1. The van der Waals surface area contributed by atoms with Crippen LogP contribution in [0.25, 0.3) is 0 Å². The molecule has 0 heterocycles. The van der Waals surface area contributed by atoms with Crippen molar-refractivity contribution in [3.8, 4) is 23.0 Å². The molecule has 0 aliphatic heterocycles. The Labute approximate surface area is 175 Å². The van der Waals surface area contributed by atoms with Crippen LogP contribution in [0.3, 0.4) is 0 Å². The molecule has 0 fully saturated rings. The van der Waals surface area contributed by atoms with Crippen LogP contribution < -0.4 is 23.7 Å². The SMILES string of the molecule is CCOc1ccc(S(=O)(=O)Nc2cc(OC)c(OC)cc2C(=O)OC)cc1OCC. The minimum absolute atomic E-state index is 0.0219. The van der Waals surface area contributed by atoms with E-state index in [2.05, 4.69) is 4.72 Å². The molecular weight excluding hydrogens is 414 g/mol. The van der Waals surface area contributed by atoms with Gasteiger partial charge in [-0.1, -0.05) is 0 Å².